The zero-order valence-electron chi connectivity index (χ0n) is 12.8. The molecule has 21 heavy (non-hydrogen) atoms. The third-order valence-corrected chi connectivity index (χ3v) is 3.83. The van der Waals surface area contributed by atoms with E-state index in [4.69, 9.17) is 5.11 Å². The Kier molecular flexibility index (Phi) is 7.45. The summed E-state index contributed by atoms with van der Waals surface area (Å²) in [6, 6.07) is 0.0399. The summed E-state index contributed by atoms with van der Waals surface area (Å²) in [5, 5.41) is 23.8. The highest BCUT2D eigenvalue weighted by Crippen LogP contribution is 2.25. The van der Waals surface area contributed by atoms with E-state index in [0.29, 0.717) is 13.0 Å². The first-order chi connectivity index (χ1) is 9.96. The van der Waals surface area contributed by atoms with Crippen LogP contribution in [0.2, 0.25) is 0 Å². The van der Waals surface area contributed by atoms with E-state index < -0.39 is 12.1 Å². The van der Waals surface area contributed by atoms with Crippen LogP contribution >= 0.6 is 0 Å². The van der Waals surface area contributed by atoms with Gasteiger partial charge in [-0.3, -0.25) is 9.69 Å². The van der Waals surface area contributed by atoms with Gasteiger partial charge < -0.3 is 20.8 Å². The van der Waals surface area contributed by atoms with Gasteiger partial charge in [-0.25, -0.2) is 4.79 Å². The normalized spacial score (nSPS) is 22.5. The van der Waals surface area contributed by atoms with Gasteiger partial charge >= 0.3 is 12.0 Å². The van der Waals surface area contributed by atoms with Crippen LogP contribution in [0.15, 0.2) is 0 Å². The van der Waals surface area contributed by atoms with Crippen molar-refractivity contribution in [1.82, 2.24) is 15.5 Å². The van der Waals surface area contributed by atoms with E-state index in [2.05, 4.69) is 10.6 Å². The van der Waals surface area contributed by atoms with Crippen molar-refractivity contribution < 1.29 is 19.8 Å². The van der Waals surface area contributed by atoms with Gasteiger partial charge in [0, 0.05) is 18.6 Å². The van der Waals surface area contributed by atoms with Crippen molar-refractivity contribution in [1.29, 1.82) is 0 Å². The predicted molar refractivity (Wildman–Crippen MR) is 79.1 cm³/mol. The number of likely N-dealkylation sites (N-methyl/N-ethyl adjacent to an activating group) is 1. The first-order valence-electron chi connectivity index (χ1n) is 7.64. The lowest BCUT2D eigenvalue weighted by molar-refractivity contribution is -0.139. The minimum Gasteiger partial charge on any atom is -0.480 e. The molecule has 122 valence electrons. The molecule has 0 saturated heterocycles. The summed E-state index contributed by atoms with van der Waals surface area (Å²) >= 11 is 0. The second-order valence-corrected chi connectivity index (χ2v) is 5.58. The number of carboxylic acids is 1. The number of nitrogens with zero attached hydrogens (tertiary/aromatic N) is 1. The molecular formula is C14H27N3O4. The molecule has 0 aliphatic heterocycles. The highest BCUT2D eigenvalue weighted by Gasteiger charge is 2.34. The topological polar surface area (TPSA) is 102 Å². The number of aliphatic hydroxyl groups is 1. The van der Waals surface area contributed by atoms with E-state index in [-0.39, 0.29) is 31.2 Å². The molecule has 0 radical (unpaired) electrons. The molecule has 4 N–H and O–H groups in total. The fraction of sp³-hybridized carbons (Fsp3) is 0.857. The van der Waals surface area contributed by atoms with E-state index in [1.165, 1.54) is 0 Å². The molecule has 0 aromatic rings. The summed E-state index contributed by atoms with van der Waals surface area (Å²) in [6.07, 6.45) is 2.59. The average Bonchev–Trinajstić information content (AvgIpc) is 2.38. The monoisotopic (exact) mass is 301 g/mol. The Morgan fingerprint density at radius 2 is 2.00 bits per heavy atom. The summed E-state index contributed by atoms with van der Waals surface area (Å²) in [7, 11) is 0. The fourth-order valence-corrected chi connectivity index (χ4v) is 2.56. The summed E-state index contributed by atoms with van der Waals surface area (Å²) in [4.78, 5) is 24.3. The van der Waals surface area contributed by atoms with Gasteiger partial charge in [-0.05, 0) is 25.8 Å². The molecule has 1 unspecified atom stereocenters. The summed E-state index contributed by atoms with van der Waals surface area (Å²) in [5.41, 5.74) is 0. The molecule has 1 aliphatic rings. The number of carbonyl (C=O) groups excluding carboxylic acids is 1. The Morgan fingerprint density at radius 3 is 2.52 bits per heavy atom. The molecule has 0 bridgehead atoms. The zero-order valence-corrected chi connectivity index (χ0v) is 12.8. The molecular weight excluding hydrogens is 274 g/mol. The molecule has 2 amide bonds. The third kappa shape index (κ3) is 6.31. The molecule has 7 nitrogen and oxygen atoms in total. The molecule has 1 saturated carbocycles. The van der Waals surface area contributed by atoms with Crippen molar-refractivity contribution >= 4 is 12.0 Å². The number of amides is 2. The second kappa shape index (κ2) is 8.84. The highest BCUT2D eigenvalue weighted by molar-refractivity contribution is 5.74. The molecule has 1 fully saturated rings. The van der Waals surface area contributed by atoms with E-state index in [1.807, 2.05) is 18.7 Å². The molecule has 0 spiro atoms. The van der Waals surface area contributed by atoms with Gasteiger partial charge in [-0.1, -0.05) is 20.3 Å². The van der Waals surface area contributed by atoms with Gasteiger partial charge in [0.1, 0.15) is 0 Å². The molecule has 0 aromatic carbocycles. The first kappa shape index (κ1) is 17.7. The van der Waals surface area contributed by atoms with Crippen LogP contribution < -0.4 is 10.6 Å². The van der Waals surface area contributed by atoms with Crippen LogP contribution in [0.3, 0.4) is 0 Å². The van der Waals surface area contributed by atoms with Crippen LogP contribution in [0.5, 0.6) is 0 Å². The number of carboxylic acid groups (broad SMARTS) is 1. The van der Waals surface area contributed by atoms with Gasteiger partial charge in [0.2, 0.25) is 0 Å². The molecule has 0 aromatic heterocycles. The summed E-state index contributed by atoms with van der Waals surface area (Å²) < 4.78 is 0. The minimum atomic E-state index is -0.823. The highest BCUT2D eigenvalue weighted by atomic mass is 16.4. The van der Waals surface area contributed by atoms with E-state index in [1.54, 1.807) is 0 Å². The average molecular weight is 301 g/mol. The maximum atomic E-state index is 11.6. The number of rotatable bonds is 9. The minimum absolute atomic E-state index is 0.0449. The Bertz CT molecular complexity index is 345. The van der Waals surface area contributed by atoms with Crippen molar-refractivity contribution in [3.63, 3.8) is 0 Å². The number of carbonyl (C=O) groups is 2. The van der Waals surface area contributed by atoms with Crippen molar-refractivity contribution in [3.05, 3.63) is 0 Å². The Hall–Kier alpha value is -1.34. The van der Waals surface area contributed by atoms with Crippen molar-refractivity contribution in [3.8, 4) is 0 Å². The van der Waals surface area contributed by atoms with Gasteiger partial charge in [0.05, 0.1) is 12.6 Å². The Morgan fingerprint density at radius 1 is 1.33 bits per heavy atom. The molecule has 1 rings (SSSR count). The number of hydrogen-bond acceptors (Lipinski definition) is 4. The van der Waals surface area contributed by atoms with Gasteiger partial charge in [-0.15, -0.1) is 0 Å². The summed E-state index contributed by atoms with van der Waals surface area (Å²) in [5.74, 6) is -0.823. The quantitative estimate of drug-likeness (QED) is 0.493. The predicted octanol–water partition coefficient (Wildman–Crippen LogP) is 0.384. The number of hydrogen-bond donors (Lipinski definition) is 4. The molecule has 0 heterocycles. The van der Waals surface area contributed by atoms with E-state index >= 15 is 0 Å². The van der Waals surface area contributed by atoms with Crippen LogP contribution in [-0.2, 0) is 4.79 Å². The van der Waals surface area contributed by atoms with E-state index in [9.17, 15) is 14.7 Å². The fourth-order valence-electron chi connectivity index (χ4n) is 2.56. The maximum Gasteiger partial charge on any atom is 0.317 e. The van der Waals surface area contributed by atoms with Crippen molar-refractivity contribution in [2.24, 2.45) is 0 Å². The van der Waals surface area contributed by atoms with Crippen molar-refractivity contribution in [2.45, 2.75) is 57.7 Å². The summed E-state index contributed by atoms with van der Waals surface area (Å²) in [6.45, 7) is 4.91. The molecule has 7 heteroatoms. The number of urea groups is 1. The van der Waals surface area contributed by atoms with Crippen LogP contribution in [0, 0.1) is 0 Å². The van der Waals surface area contributed by atoms with Crippen LogP contribution in [0.25, 0.3) is 0 Å². The lowest BCUT2D eigenvalue weighted by Crippen LogP contribution is -2.56. The SMILES string of the molecule is CCCC(O)CNC(=O)NC1CC(N(CC)CC(=O)O)C1. The Labute approximate surface area is 125 Å². The van der Waals surface area contributed by atoms with Crippen LogP contribution in [-0.4, -0.2) is 64.9 Å². The maximum absolute atomic E-state index is 11.6. The first-order valence-corrected chi connectivity index (χ1v) is 7.64. The molecule has 1 atom stereocenters. The number of aliphatic carboxylic acids is 1. The second-order valence-electron chi connectivity index (χ2n) is 5.58. The smallest absolute Gasteiger partial charge is 0.317 e. The molecule has 1 aliphatic carbocycles. The standard InChI is InChI=1S/C14H27N3O4/c1-3-5-12(18)8-15-14(21)16-10-6-11(7-10)17(4-2)9-13(19)20/h10-12,18H,3-9H2,1-2H3,(H,19,20)(H2,15,16,21). The number of nitrogens with one attached hydrogen (secondary N) is 2. The largest absolute Gasteiger partial charge is 0.480 e. The van der Waals surface area contributed by atoms with Gasteiger partial charge in [-0.2, -0.15) is 0 Å². The lowest BCUT2D eigenvalue weighted by atomic mass is 9.85. The van der Waals surface area contributed by atoms with Crippen LogP contribution in [0.1, 0.15) is 39.5 Å². The van der Waals surface area contributed by atoms with Gasteiger partial charge in [0.15, 0.2) is 0 Å². The van der Waals surface area contributed by atoms with Crippen molar-refractivity contribution in [2.75, 3.05) is 19.6 Å². The van der Waals surface area contributed by atoms with Crippen LogP contribution in [0.4, 0.5) is 4.79 Å². The third-order valence-electron chi connectivity index (χ3n) is 3.83. The number of aliphatic hydroxyl groups excluding tert-OH is 1. The Balaban J connectivity index is 2.19. The zero-order chi connectivity index (χ0) is 15.8. The van der Waals surface area contributed by atoms with E-state index in [0.717, 1.165) is 19.3 Å². The lowest BCUT2D eigenvalue weighted by Gasteiger charge is -2.42. The van der Waals surface area contributed by atoms with Gasteiger partial charge in [0.25, 0.3) is 0 Å².